The second-order valence-electron chi connectivity index (χ2n) is 8.27. The summed E-state index contributed by atoms with van der Waals surface area (Å²) in [6.07, 6.45) is 0. The molecule has 2 atom stereocenters. The van der Waals surface area contributed by atoms with Gasteiger partial charge in [-0.15, -0.1) is 0 Å². The lowest BCUT2D eigenvalue weighted by Crippen LogP contribution is -2.34. The molecule has 192 valence electrons. The molecule has 0 bridgehead atoms. The summed E-state index contributed by atoms with van der Waals surface area (Å²) < 4.78 is 40.2. The number of primary amides is 1. The van der Waals surface area contributed by atoms with Crippen LogP contribution in [0, 0.1) is 11.6 Å². The molecule has 4 nitrogen and oxygen atoms in total. The minimum absolute atomic E-state index is 0.0868. The highest BCUT2D eigenvalue weighted by Crippen LogP contribution is 2.74. The smallest absolute Gasteiger partial charge is 0.257 e. The minimum Gasteiger partial charge on any atom is -0.369 e. The van der Waals surface area contributed by atoms with Crippen LogP contribution in [-0.2, 0) is 10.2 Å². The monoisotopic (exact) mass is 606 g/mol. The summed E-state index contributed by atoms with van der Waals surface area (Å²) in [5, 5.41) is 2.66. The molecule has 12 heteroatoms. The average Bonchev–Trinajstić information content (AvgIpc) is 3.32. The maximum Gasteiger partial charge on any atom is 0.257 e. The van der Waals surface area contributed by atoms with Crippen LogP contribution in [0.3, 0.4) is 0 Å². The van der Waals surface area contributed by atoms with Gasteiger partial charge in [-0.25, -0.2) is 13.2 Å². The first-order chi connectivity index (χ1) is 17.2. The topological polar surface area (TPSA) is 72.2 Å². The molecule has 4 rings (SSSR count). The number of carbonyl (C=O) groups excluding carboxylic acids is 2. The molecule has 0 radical (unpaired) electrons. The summed E-state index contributed by atoms with van der Waals surface area (Å²) in [5.41, 5.74) is 2.84. The van der Waals surface area contributed by atoms with Gasteiger partial charge in [0.2, 0.25) is 5.91 Å². The van der Waals surface area contributed by atoms with Crippen LogP contribution in [0.4, 0.5) is 18.9 Å². The van der Waals surface area contributed by atoms with Gasteiger partial charge in [-0.05, 0) is 53.6 Å². The Morgan fingerprint density at radius 2 is 1.59 bits per heavy atom. The Morgan fingerprint density at radius 3 is 2.16 bits per heavy atom. The Bertz CT molecular complexity index is 1480. The van der Waals surface area contributed by atoms with Crippen molar-refractivity contribution in [3.8, 4) is 0 Å². The molecule has 0 saturated heterocycles. The molecule has 2 amide bonds. The fraction of sp³-hybridized carbons (Fsp3) is 0.120. The highest BCUT2D eigenvalue weighted by Gasteiger charge is 2.80. The van der Waals surface area contributed by atoms with Gasteiger partial charge in [0.05, 0.1) is 21.8 Å². The fourth-order valence-corrected chi connectivity index (χ4v) is 6.28. The molecule has 3 aromatic rings. The standard InChI is InChI=1S/C25H14Cl5F3N2O2/c1-10(31)19-17(32)4-5-18(20(19)33)35-22(36)15-8-12(2-3-16(15)28)24(23(34)37)21(25(24,29)30)11-6-13(26)9-14(27)7-11/h2-9,21H,1H2,(H2,34,37)(H,35,36). The van der Waals surface area contributed by atoms with Crippen molar-refractivity contribution >= 4 is 81.3 Å². The van der Waals surface area contributed by atoms with E-state index in [-0.39, 0.29) is 26.2 Å². The van der Waals surface area contributed by atoms with Crippen molar-refractivity contribution < 1.29 is 22.8 Å². The van der Waals surface area contributed by atoms with Gasteiger partial charge < -0.3 is 11.1 Å². The van der Waals surface area contributed by atoms with Gasteiger partial charge >= 0.3 is 0 Å². The van der Waals surface area contributed by atoms with Crippen LogP contribution in [0.5, 0.6) is 0 Å². The lowest BCUT2D eigenvalue weighted by molar-refractivity contribution is -0.120. The van der Waals surface area contributed by atoms with Crippen LogP contribution < -0.4 is 11.1 Å². The van der Waals surface area contributed by atoms with Crippen molar-refractivity contribution in [3.63, 3.8) is 0 Å². The molecule has 37 heavy (non-hydrogen) atoms. The number of alkyl halides is 2. The molecule has 3 N–H and O–H groups in total. The van der Waals surface area contributed by atoms with E-state index in [0.29, 0.717) is 5.56 Å². The van der Waals surface area contributed by atoms with Crippen molar-refractivity contribution in [2.24, 2.45) is 5.73 Å². The van der Waals surface area contributed by atoms with E-state index < -0.39 is 56.2 Å². The summed E-state index contributed by atoms with van der Waals surface area (Å²) in [4.78, 5) is 25.8. The van der Waals surface area contributed by atoms with Crippen LogP contribution in [-0.4, -0.2) is 16.1 Å². The number of benzene rings is 3. The van der Waals surface area contributed by atoms with Gasteiger partial charge in [0, 0.05) is 16.0 Å². The number of anilines is 1. The zero-order valence-corrected chi connectivity index (χ0v) is 22.1. The first kappa shape index (κ1) is 27.6. The molecule has 1 aliphatic carbocycles. The molecule has 0 heterocycles. The Morgan fingerprint density at radius 1 is 0.973 bits per heavy atom. The summed E-state index contributed by atoms with van der Waals surface area (Å²) in [6.45, 7) is 2.89. The highest BCUT2D eigenvalue weighted by atomic mass is 35.5. The largest absolute Gasteiger partial charge is 0.369 e. The Balaban J connectivity index is 1.78. The second-order valence-corrected chi connectivity index (χ2v) is 10.9. The van der Waals surface area contributed by atoms with E-state index in [4.69, 9.17) is 63.7 Å². The van der Waals surface area contributed by atoms with Crippen molar-refractivity contribution in [2.75, 3.05) is 5.32 Å². The van der Waals surface area contributed by atoms with E-state index in [0.717, 1.165) is 12.1 Å². The van der Waals surface area contributed by atoms with Crippen LogP contribution in [0.25, 0.3) is 5.83 Å². The normalized spacial score (nSPS) is 19.8. The summed E-state index contributed by atoms with van der Waals surface area (Å²) in [5.74, 6) is -6.69. The number of hydrogen-bond acceptors (Lipinski definition) is 2. The molecule has 0 aliphatic heterocycles. The first-order valence-corrected chi connectivity index (χ1v) is 12.2. The highest BCUT2D eigenvalue weighted by molar-refractivity contribution is 6.55. The number of carbonyl (C=O) groups is 2. The first-order valence-electron chi connectivity index (χ1n) is 10.3. The van der Waals surface area contributed by atoms with Gasteiger partial charge in [-0.1, -0.05) is 70.7 Å². The van der Waals surface area contributed by atoms with Crippen molar-refractivity contribution in [1.29, 1.82) is 0 Å². The number of halogens is 8. The third-order valence-corrected chi connectivity index (χ3v) is 7.92. The maximum absolute atomic E-state index is 14.6. The van der Waals surface area contributed by atoms with E-state index in [9.17, 15) is 22.8 Å². The molecule has 1 aliphatic rings. The zero-order valence-electron chi connectivity index (χ0n) is 18.3. The van der Waals surface area contributed by atoms with Crippen LogP contribution in [0.1, 0.15) is 33.0 Å². The van der Waals surface area contributed by atoms with E-state index in [1.165, 1.54) is 36.4 Å². The van der Waals surface area contributed by atoms with E-state index in [1.54, 1.807) is 0 Å². The summed E-state index contributed by atoms with van der Waals surface area (Å²) >= 11 is 31.6. The Kier molecular flexibility index (Phi) is 7.25. The van der Waals surface area contributed by atoms with Crippen LogP contribution in [0.2, 0.25) is 15.1 Å². The number of hydrogen-bond donors (Lipinski definition) is 2. The fourth-order valence-electron chi connectivity index (χ4n) is 4.45. The summed E-state index contributed by atoms with van der Waals surface area (Å²) in [6, 6.07) is 10.1. The number of rotatable bonds is 6. The van der Waals surface area contributed by atoms with E-state index in [1.807, 2.05) is 0 Å². The molecule has 0 aromatic heterocycles. The summed E-state index contributed by atoms with van der Waals surface area (Å²) in [7, 11) is 0. The number of amides is 2. The van der Waals surface area contributed by atoms with Crippen LogP contribution >= 0.6 is 58.0 Å². The van der Waals surface area contributed by atoms with Gasteiger partial charge in [0.15, 0.2) is 5.82 Å². The lowest BCUT2D eigenvalue weighted by atomic mass is 9.88. The van der Waals surface area contributed by atoms with Crippen molar-refractivity contribution in [1.82, 2.24) is 0 Å². The number of nitrogens with two attached hydrogens (primary N) is 1. The quantitative estimate of drug-likeness (QED) is 0.280. The predicted octanol–water partition coefficient (Wildman–Crippen LogP) is 7.81. The van der Waals surface area contributed by atoms with Crippen molar-refractivity contribution in [3.05, 3.63) is 104 Å². The molecule has 3 aromatic carbocycles. The van der Waals surface area contributed by atoms with E-state index >= 15 is 0 Å². The van der Waals surface area contributed by atoms with Gasteiger partial charge in [0.25, 0.3) is 5.91 Å². The third kappa shape index (κ3) is 4.47. The number of nitrogens with one attached hydrogen (secondary N) is 1. The SMILES string of the molecule is C=C(F)c1c(F)ccc(NC(=O)c2cc(C3(C(N)=O)C(c4cc(Cl)cc(Cl)c4)C3(Cl)Cl)ccc2Cl)c1F. The Hall–Kier alpha value is -2.42. The van der Waals surface area contributed by atoms with Gasteiger partial charge in [0.1, 0.15) is 21.4 Å². The molecule has 1 fully saturated rings. The van der Waals surface area contributed by atoms with Gasteiger partial charge in [-0.3, -0.25) is 9.59 Å². The van der Waals surface area contributed by atoms with Gasteiger partial charge in [-0.2, -0.15) is 0 Å². The average molecular weight is 609 g/mol. The van der Waals surface area contributed by atoms with Crippen LogP contribution in [0.15, 0.2) is 55.1 Å². The maximum atomic E-state index is 14.6. The van der Waals surface area contributed by atoms with E-state index in [2.05, 4.69) is 11.9 Å². The molecular weight excluding hydrogens is 595 g/mol. The predicted molar refractivity (Wildman–Crippen MR) is 140 cm³/mol. The second kappa shape index (κ2) is 9.71. The van der Waals surface area contributed by atoms with Crippen molar-refractivity contribution in [2.45, 2.75) is 15.7 Å². The Labute approximate surface area is 234 Å². The lowest BCUT2D eigenvalue weighted by Gasteiger charge is -2.18. The zero-order chi connectivity index (χ0) is 27.4. The molecule has 2 unspecified atom stereocenters. The molecular formula is C25H14Cl5F3N2O2. The third-order valence-electron chi connectivity index (χ3n) is 6.12. The molecule has 1 saturated carbocycles. The molecule has 0 spiro atoms. The minimum atomic E-state index is -1.76.